The number of hydrogen-bond acceptors (Lipinski definition) is 4. The van der Waals surface area contributed by atoms with Crippen molar-refractivity contribution >= 4 is 10.0 Å². The van der Waals surface area contributed by atoms with Gasteiger partial charge in [-0.1, -0.05) is 12.8 Å². The van der Waals surface area contributed by atoms with E-state index in [0.717, 1.165) is 12.8 Å². The van der Waals surface area contributed by atoms with Gasteiger partial charge in [0.1, 0.15) is 0 Å². The molecule has 0 saturated heterocycles. The minimum absolute atomic E-state index is 0.270. The molecule has 16 heavy (non-hydrogen) atoms. The van der Waals surface area contributed by atoms with Crippen LogP contribution in [0.25, 0.3) is 0 Å². The zero-order valence-electron chi connectivity index (χ0n) is 10.0. The number of rotatable bonds is 6. The van der Waals surface area contributed by atoms with Crippen molar-refractivity contribution in [2.45, 2.75) is 37.8 Å². The lowest BCUT2D eigenvalue weighted by molar-refractivity contribution is 0.0422. The molecule has 0 aromatic carbocycles. The second-order valence-corrected chi connectivity index (χ2v) is 6.12. The van der Waals surface area contributed by atoms with Crippen molar-refractivity contribution in [1.82, 2.24) is 10.0 Å². The Morgan fingerprint density at radius 2 is 1.94 bits per heavy atom. The summed E-state index contributed by atoms with van der Waals surface area (Å²) in [6, 6.07) is 0.361. The van der Waals surface area contributed by atoms with Crippen molar-refractivity contribution in [3.05, 3.63) is 0 Å². The van der Waals surface area contributed by atoms with Gasteiger partial charge in [-0.05, 0) is 12.8 Å². The molecule has 96 valence electrons. The van der Waals surface area contributed by atoms with Gasteiger partial charge in [-0.25, -0.2) is 13.1 Å². The van der Waals surface area contributed by atoms with Crippen LogP contribution in [-0.4, -0.2) is 47.0 Å². The summed E-state index contributed by atoms with van der Waals surface area (Å²) in [7, 11) is -1.33. The maximum atomic E-state index is 10.8. The molecule has 1 aliphatic carbocycles. The van der Waals surface area contributed by atoms with Crippen LogP contribution in [-0.2, 0) is 14.8 Å². The molecule has 2 atom stereocenters. The van der Waals surface area contributed by atoms with Crippen LogP contribution in [0.3, 0.4) is 0 Å². The van der Waals surface area contributed by atoms with Crippen LogP contribution in [0.4, 0.5) is 0 Å². The molecule has 1 rings (SSSR count). The minimum atomic E-state index is -3.07. The van der Waals surface area contributed by atoms with Crippen LogP contribution in [0, 0.1) is 0 Å². The van der Waals surface area contributed by atoms with E-state index in [4.69, 9.17) is 4.74 Å². The number of sulfonamides is 1. The lowest BCUT2D eigenvalue weighted by Gasteiger charge is -2.31. The topological polar surface area (TPSA) is 67.4 Å². The highest BCUT2D eigenvalue weighted by Gasteiger charge is 2.23. The van der Waals surface area contributed by atoms with Crippen molar-refractivity contribution in [3.8, 4) is 0 Å². The van der Waals surface area contributed by atoms with Gasteiger partial charge in [0.05, 0.1) is 12.4 Å². The van der Waals surface area contributed by atoms with E-state index in [9.17, 15) is 8.42 Å². The predicted molar refractivity (Wildman–Crippen MR) is 63.9 cm³/mol. The van der Waals surface area contributed by atoms with E-state index in [1.165, 1.54) is 19.1 Å². The van der Waals surface area contributed by atoms with Gasteiger partial charge in [-0.3, -0.25) is 0 Å². The van der Waals surface area contributed by atoms with Gasteiger partial charge >= 0.3 is 0 Å². The van der Waals surface area contributed by atoms with Crippen LogP contribution >= 0.6 is 0 Å². The summed E-state index contributed by atoms with van der Waals surface area (Å²) in [6.07, 6.45) is 6.08. The van der Waals surface area contributed by atoms with E-state index in [2.05, 4.69) is 10.0 Å². The van der Waals surface area contributed by atoms with Gasteiger partial charge < -0.3 is 10.1 Å². The van der Waals surface area contributed by atoms with Gasteiger partial charge in [0.15, 0.2) is 0 Å². The summed E-state index contributed by atoms with van der Waals surface area (Å²) in [5.74, 6) is 0. The molecular weight excluding hydrogens is 228 g/mol. The number of methoxy groups -OCH3 is 1. The Hall–Kier alpha value is -0.170. The normalized spacial score (nSPS) is 26.9. The third-order valence-corrected chi connectivity index (χ3v) is 3.63. The maximum Gasteiger partial charge on any atom is 0.208 e. The molecule has 0 amide bonds. The Balaban J connectivity index is 2.20. The average molecular weight is 250 g/mol. The first-order valence-corrected chi connectivity index (χ1v) is 7.63. The highest BCUT2D eigenvalue weighted by Crippen LogP contribution is 2.20. The van der Waals surface area contributed by atoms with Crippen molar-refractivity contribution in [2.24, 2.45) is 0 Å². The molecule has 0 bridgehead atoms. The molecule has 1 aliphatic rings. The smallest absolute Gasteiger partial charge is 0.208 e. The highest BCUT2D eigenvalue weighted by molar-refractivity contribution is 7.88. The van der Waals surface area contributed by atoms with Crippen LogP contribution in [0.1, 0.15) is 25.7 Å². The van der Waals surface area contributed by atoms with E-state index in [0.29, 0.717) is 19.1 Å². The molecule has 0 spiro atoms. The molecule has 1 fully saturated rings. The fourth-order valence-corrected chi connectivity index (χ4v) is 2.58. The van der Waals surface area contributed by atoms with E-state index >= 15 is 0 Å². The fraction of sp³-hybridized carbons (Fsp3) is 1.00. The molecule has 1 saturated carbocycles. The zero-order valence-corrected chi connectivity index (χ0v) is 10.8. The Morgan fingerprint density at radius 3 is 2.56 bits per heavy atom. The van der Waals surface area contributed by atoms with Crippen molar-refractivity contribution in [2.75, 3.05) is 26.5 Å². The second kappa shape index (κ2) is 6.54. The molecule has 2 N–H and O–H groups in total. The highest BCUT2D eigenvalue weighted by atomic mass is 32.2. The van der Waals surface area contributed by atoms with Crippen molar-refractivity contribution < 1.29 is 13.2 Å². The van der Waals surface area contributed by atoms with E-state index in [1.807, 2.05) is 0 Å². The summed E-state index contributed by atoms with van der Waals surface area (Å²) >= 11 is 0. The lowest BCUT2D eigenvalue weighted by atomic mass is 9.92. The Bertz CT molecular complexity index is 292. The molecule has 0 aliphatic heterocycles. The van der Waals surface area contributed by atoms with Gasteiger partial charge in [0.2, 0.25) is 10.0 Å². The monoisotopic (exact) mass is 250 g/mol. The first-order valence-electron chi connectivity index (χ1n) is 5.74. The summed E-state index contributed by atoms with van der Waals surface area (Å²) in [4.78, 5) is 0. The SMILES string of the molecule is COC1CCCCC1NCCNS(C)(=O)=O. The molecular formula is C10H22N2O3S. The average Bonchev–Trinajstić information content (AvgIpc) is 2.23. The van der Waals surface area contributed by atoms with Crippen LogP contribution in [0.2, 0.25) is 0 Å². The Morgan fingerprint density at radius 1 is 1.25 bits per heavy atom. The lowest BCUT2D eigenvalue weighted by Crippen LogP contribution is -2.45. The van der Waals surface area contributed by atoms with Crippen LogP contribution in [0.5, 0.6) is 0 Å². The Kier molecular flexibility index (Phi) is 5.68. The number of hydrogen-bond donors (Lipinski definition) is 2. The number of ether oxygens (including phenoxy) is 1. The third kappa shape index (κ3) is 5.25. The number of nitrogens with one attached hydrogen (secondary N) is 2. The van der Waals surface area contributed by atoms with Crippen molar-refractivity contribution in [1.29, 1.82) is 0 Å². The molecule has 2 unspecified atom stereocenters. The fourth-order valence-electron chi connectivity index (χ4n) is 2.11. The third-order valence-electron chi connectivity index (χ3n) is 2.90. The largest absolute Gasteiger partial charge is 0.380 e. The quantitative estimate of drug-likeness (QED) is 0.655. The molecule has 5 nitrogen and oxygen atoms in total. The van der Waals surface area contributed by atoms with Gasteiger partial charge in [-0.2, -0.15) is 0 Å². The van der Waals surface area contributed by atoms with Crippen molar-refractivity contribution in [3.63, 3.8) is 0 Å². The van der Waals surface area contributed by atoms with E-state index in [-0.39, 0.29) is 6.10 Å². The summed E-state index contributed by atoms with van der Waals surface area (Å²) < 4.78 is 29.5. The second-order valence-electron chi connectivity index (χ2n) is 4.29. The molecule has 0 aromatic heterocycles. The van der Waals surface area contributed by atoms with Crippen LogP contribution in [0.15, 0.2) is 0 Å². The Labute approximate surface area is 98.0 Å². The standard InChI is InChI=1S/C10H22N2O3S/c1-15-10-6-4-3-5-9(10)11-7-8-12-16(2,13)14/h9-12H,3-8H2,1-2H3. The summed E-state index contributed by atoms with van der Waals surface area (Å²) in [6.45, 7) is 1.09. The summed E-state index contributed by atoms with van der Waals surface area (Å²) in [5, 5.41) is 3.34. The maximum absolute atomic E-state index is 10.8. The van der Waals surface area contributed by atoms with Gasteiger partial charge in [0, 0.05) is 26.2 Å². The molecule has 6 heteroatoms. The van der Waals surface area contributed by atoms with Gasteiger partial charge in [-0.15, -0.1) is 0 Å². The minimum Gasteiger partial charge on any atom is -0.380 e. The van der Waals surface area contributed by atoms with Gasteiger partial charge in [0.25, 0.3) is 0 Å². The van der Waals surface area contributed by atoms with E-state index < -0.39 is 10.0 Å². The first-order chi connectivity index (χ1) is 7.53. The van der Waals surface area contributed by atoms with Crippen LogP contribution < -0.4 is 10.0 Å². The van der Waals surface area contributed by atoms with E-state index in [1.54, 1.807) is 7.11 Å². The summed E-state index contributed by atoms with van der Waals surface area (Å²) in [5.41, 5.74) is 0. The first kappa shape index (κ1) is 13.9. The molecule has 0 aromatic rings. The molecule has 0 heterocycles. The molecule has 0 radical (unpaired) electrons. The zero-order chi connectivity index (χ0) is 12.0. The predicted octanol–water partition coefficient (Wildman–Crippen LogP) is 0.0828.